The fraction of sp³-hybridized carbons (Fsp3) is 0.194. The van der Waals surface area contributed by atoms with E-state index in [2.05, 4.69) is 4.72 Å². The molecule has 40 heavy (non-hydrogen) atoms. The number of sulfonamides is 1. The van der Waals surface area contributed by atoms with Crippen molar-refractivity contribution in [2.45, 2.75) is 24.8 Å². The zero-order valence-corrected chi connectivity index (χ0v) is 22.8. The topological polar surface area (TPSA) is 110 Å². The largest absolute Gasteiger partial charge is 0.465 e. The van der Waals surface area contributed by atoms with Crippen LogP contribution in [0, 0.1) is 5.92 Å². The lowest BCUT2D eigenvalue weighted by Crippen LogP contribution is -2.47. The standard InChI is InChI=1S/C31H30N2O6S/c1-2-39-29(34)22-33(21-24-13-7-4-8-14-24)31(36)28(19-23-11-5-3-6-12-23)30(35)32-40(37,38)27-18-17-25-15-9-10-16-26(25)20-27/h3-18,20,28H,2,19,21-22H2,1H3,(H,32,35). The van der Waals surface area contributed by atoms with Crippen LogP contribution >= 0.6 is 0 Å². The van der Waals surface area contributed by atoms with Crippen molar-refractivity contribution in [2.75, 3.05) is 13.2 Å². The van der Waals surface area contributed by atoms with Crippen LogP contribution in [0.1, 0.15) is 18.1 Å². The molecule has 0 aromatic heterocycles. The van der Waals surface area contributed by atoms with Gasteiger partial charge >= 0.3 is 5.97 Å². The molecular formula is C31H30N2O6S. The Morgan fingerprint density at radius 3 is 2.05 bits per heavy atom. The predicted octanol–water partition coefficient (Wildman–Crippen LogP) is 4.10. The summed E-state index contributed by atoms with van der Waals surface area (Å²) in [5.41, 5.74) is 1.40. The summed E-state index contributed by atoms with van der Waals surface area (Å²) in [6.07, 6.45) is -0.0626. The van der Waals surface area contributed by atoms with Crippen molar-refractivity contribution in [2.24, 2.45) is 5.92 Å². The Hall–Kier alpha value is -4.50. The van der Waals surface area contributed by atoms with Crippen LogP contribution in [0.15, 0.2) is 108 Å². The highest BCUT2D eigenvalue weighted by Gasteiger charge is 2.34. The van der Waals surface area contributed by atoms with E-state index in [0.717, 1.165) is 10.9 Å². The van der Waals surface area contributed by atoms with Gasteiger partial charge in [-0.3, -0.25) is 14.4 Å². The molecular weight excluding hydrogens is 528 g/mol. The quantitative estimate of drug-likeness (QED) is 0.219. The minimum Gasteiger partial charge on any atom is -0.465 e. The van der Waals surface area contributed by atoms with Crippen LogP contribution in [0.4, 0.5) is 0 Å². The van der Waals surface area contributed by atoms with Gasteiger partial charge in [0.15, 0.2) is 0 Å². The Morgan fingerprint density at radius 2 is 1.40 bits per heavy atom. The first-order valence-corrected chi connectivity index (χ1v) is 14.3. The normalized spacial score (nSPS) is 11.9. The van der Waals surface area contributed by atoms with Crippen LogP contribution in [-0.2, 0) is 42.1 Å². The van der Waals surface area contributed by atoms with Gasteiger partial charge in [-0.2, -0.15) is 0 Å². The molecule has 0 heterocycles. The van der Waals surface area contributed by atoms with Crippen LogP contribution in [-0.4, -0.2) is 44.3 Å². The zero-order chi connectivity index (χ0) is 28.5. The van der Waals surface area contributed by atoms with Crippen molar-refractivity contribution in [1.82, 2.24) is 9.62 Å². The summed E-state index contributed by atoms with van der Waals surface area (Å²) in [7, 11) is -4.30. The molecule has 4 aromatic rings. The molecule has 0 spiro atoms. The average molecular weight is 559 g/mol. The van der Waals surface area contributed by atoms with Gasteiger partial charge in [0, 0.05) is 6.54 Å². The van der Waals surface area contributed by atoms with Crippen LogP contribution in [0.3, 0.4) is 0 Å². The molecule has 0 saturated carbocycles. The number of benzene rings is 4. The molecule has 8 nitrogen and oxygen atoms in total. The lowest BCUT2D eigenvalue weighted by Gasteiger charge is -2.26. The molecule has 1 atom stereocenters. The molecule has 0 bridgehead atoms. The molecule has 4 aromatic carbocycles. The van der Waals surface area contributed by atoms with E-state index in [1.807, 2.05) is 18.2 Å². The van der Waals surface area contributed by atoms with Crippen molar-refractivity contribution in [3.05, 3.63) is 114 Å². The summed E-state index contributed by atoms with van der Waals surface area (Å²) in [6.45, 7) is 1.43. The van der Waals surface area contributed by atoms with Crippen LogP contribution in [0.5, 0.6) is 0 Å². The number of fused-ring (bicyclic) bond motifs is 1. The maximum atomic E-state index is 13.9. The third-order valence-electron chi connectivity index (χ3n) is 6.32. The number of carbonyl (C=O) groups excluding carboxylic acids is 3. The van der Waals surface area contributed by atoms with Crippen molar-refractivity contribution in [1.29, 1.82) is 0 Å². The third-order valence-corrected chi connectivity index (χ3v) is 7.66. The average Bonchev–Trinajstić information content (AvgIpc) is 2.96. The summed E-state index contributed by atoms with van der Waals surface area (Å²) in [5, 5.41) is 1.54. The second kappa shape index (κ2) is 13.0. The van der Waals surface area contributed by atoms with E-state index in [1.54, 1.807) is 79.7 Å². The van der Waals surface area contributed by atoms with Gasteiger partial charge in [0.2, 0.25) is 11.8 Å². The lowest BCUT2D eigenvalue weighted by molar-refractivity contribution is -0.152. The van der Waals surface area contributed by atoms with Gasteiger partial charge < -0.3 is 9.64 Å². The van der Waals surface area contributed by atoms with E-state index in [9.17, 15) is 22.8 Å². The molecule has 4 rings (SSSR count). The van der Waals surface area contributed by atoms with Gasteiger partial charge in [-0.15, -0.1) is 0 Å². The second-order valence-corrected chi connectivity index (χ2v) is 10.9. The smallest absolute Gasteiger partial charge is 0.325 e. The highest BCUT2D eigenvalue weighted by molar-refractivity contribution is 7.90. The second-order valence-electron chi connectivity index (χ2n) is 9.21. The maximum Gasteiger partial charge on any atom is 0.325 e. The van der Waals surface area contributed by atoms with Crippen molar-refractivity contribution < 1.29 is 27.5 Å². The number of nitrogens with zero attached hydrogens (tertiary/aromatic N) is 1. The third kappa shape index (κ3) is 7.33. The molecule has 2 amide bonds. The summed E-state index contributed by atoms with van der Waals surface area (Å²) in [5.74, 6) is -3.72. The Morgan fingerprint density at radius 1 is 0.800 bits per heavy atom. The van der Waals surface area contributed by atoms with E-state index >= 15 is 0 Å². The first kappa shape index (κ1) is 28.5. The van der Waals surface area contributed by atoms with E-state index in [1.165, 1.54) is 17.0 Å². The molecule has 0 aliphatic carbocycles. The Labute approximate surface area is 233 Å². The van der Waals surface area contributed by atoms with E-state index in [-0.39, 0.29) is 24.5 Å². The number of esters is 1. The number of rotatable bonds is 11. The molecule has 0 aliphatic heterocycles. The predicted molar refractivity (Wildman–Crippen MR) is 151 cm³/mol. The van der Waals surface area contributed by atoms with E-state index in [0.29, 0.717) is 10.9 Å². The number of amides is 2. The minimum atomic E-state index is -4.30. The lowest BCUT2D eigenvalue weighted by atomic mass is 9.97. The Balaban J connectivity index is 1.65. The number of nitrogens with one attached hydrogen (secondary N) is 1. The number of hydrogen-bond donors (Lipinski definition) is 1. The zero-order valence-electron chi connectivity index (χ0n) is 22.0. The van der Waals surface area contributed by atoms with Crippen molar-refractivity contribution in [3.8, 4) is 0 Å². The maximum absolute atomic E-state index is 13.9. The van der Waals surface area contributed by atoms with Gasteiger partial charge in [-0.25, -0.2) is 13.1 Å². The van der Waals surface area contributed by atoms with Gasteiger partial charge in [0.25, 0.3) is 10.0 Å². The monoisotopic (exact) mass is 558 g/mol. The van der Waals surface area contributed by atoms with Gasteiger partial charge in [0.05, 0.1) is 11.5 Å². The molecule has 1 unspecified atom stereocenters. The fourth-order valence-corrected chi connectivity index (χ4v) is 5.39. The SMILES string of the molecule is CCOC(=O)CN(Cc1ccccc1)C(=O)C(Cc1ccccc1)C(=O)NS(=O)(=O)c1ccc2ccccc2c1. The first-order chi connectivity index (χ1) is 19.3. The van der Waals surface area contributed by atoms with Gasteiger partial charge in [0.1, 0.15) is 12.5 Å². The Bertz CT molecular complexity index is 1590. The minimum absolute atomic E-state index is 0.0362. The number of carbonyl (C=O) groups is 3. The summed E-state index contributed by atoms with van der Waals surface area (Å²) < 4.78 is 33.7. The molecule has 0 saturated heterocycles. The summed E-state index contributed by atoms with van der Waals surface area (Å²) in [6, 6.07) is 29.6. The van der Waals surface area contributed by atoms with Gasteiger partial charge in [-0.1, -0.05) is 91.0 Å². The van der Waals surface area contributed by atoms with E-state index in [4.69, 9.17) is 4.74 Å². The highest BCUT2D eigenvalue weighted by atomic mass is 32.2. The van der Waals surface area contributed by atoms with Crippen LogP contribution in [0.25, 0.3) is 10.8 Å². The molecule has 0 aliphatic rings. The van der Waals surface area contributed by atoms with Crippen LogP contribution < -0.4 is 4.72 Å². The van der Waals surface area contributed by atoms with E-state index < -0.39 is 40.3 Å². The molecule has 0 radical (unpaired) electrons. The van der Waals surface area contributed by atoms with Crippen LogP contribution in [0.2, 0.25) is 0 Å². The molecule has 206 valence electrons. The summed E-state index contributed by atoms with van der Waals surface area (Å²) in [4.78, 5) is 41.0. The Kier molecular flexibility index (Phi) is 9.29. The van der Waals surface area contributed by atoms with Crippen molar-refractivity contribution in [3.63, 3.8) is 0 Å². The fourth-order valence-electron chi connectivity index (χ4n) is 4.34. The molecule has 1 N–H and O–H groups in total. The number of ether oxygens (including phenoxy) is 1. The van der Waals surface area contributed by atoms with Gasteiger partial charge in [-0.05, 0) is 47.4 Å². The summed E-state index contributed by atoms with van der Waals surface area (Å²) >= 11 is 0. The highest BCUT2D eigenvalue weighted by Crippen LogP contribution is 2.21. The number of hydrogen-bond acceptors (Lipinski definition) is 6. The molecule has 9 heteroatoms. The first-order valence-electron chi connectivity index (χ1n) is 12.8. The van der Waals surface area contributed by atoms with Crippen molar-refractivity contribution >= 4 is 38.6 Å². The molecule has 0 fully saturated rings.